The smallest absolute Gasteiger partial charge is 0.256 e. The number of amides is 1. The lowest BCUT2D eigenvalue weighted by molar-refractivity contribution is 0.0904. The summed E-state index contributed by atoms with van der Waals surface area (Å²) in [4.78, 5) is 12.5. The van der Waals surface area contributed by atoms with Crippen LogP contribution in [0.15, 0.2) is 36.5 Å². The molecule has 1 amide bonds. The number of nitrogens with one attached hydrogen (secondary N) is 3. The quantitative estimate of drug-likeness (QED) is 0.764. The number of hydrogen-bond acceptors (Lipinski definition) is 4. The van der Waals surface area contributed by atoms with Gasteiger partial charge in [-0.2, -0.15) is 10.4 Å². The molecule has 3 rings (SSSR count). The molecule has 1 heterocycles. The number of anilines is 2. The van der Waals surface area contributed by atoms with E-state index in [1.807, 2.05) is 30.3 Å². The van der Waals surface area contributed by atoms with Gasteiger partial charge in [0.2, 0.25) is 0 Å². The number of aromatic nitrogens is 2. The standard InChI is InChI=1S/C17H19N5O/c18-10-9-15(12-5-4-6-12)21-17(23)14-11-19-22-16(14)20-13-7-2-1-3-8-13/h1-3,7-8,11-12,15H,4-6,9H2,(H,21,23)(H2,19,20,22). The van der Waals surface area contributed by atoms with E-state index in [2.05, 4.69) is 26.9 Å². The maximum absolute atomic E-state index is 12.5. The van der Waals surface area contributed by atoms with E-state index in [9.17, 15) is 4.79 Å². The average Bonchev–Trinajstić information content (AvgIpc) is 2.95. The predicted octanol–water partition coefficient (Wildman–Crippen LogP) is 2.97. The molecule has 1 saturated carbocycles. The van der Waals surface area contributed by atoms with Crippen molar-refractivity contribution in [1.82, 2.24) is 15.5 Å². The highest BCUT2D eigenvalue weighted by molar-refractivity contribution is 5.99. The van der Waals surface area contributed by atoms with Crippen molar-refractivity contribution in [2.45, 2.75) is 31.7 Å². The Hall–Kier alpha value is -2.81. The minimum absolute atomic E-state index is 0.0827. The van der Waals surface area contributed by atoms with Crippen molar-refractivity contribution in [2.75, 3.05) is 5.32 Å². The molecule has 1 aromatic heterocycles. The first-order valence-corrected chi connectivity index (χ1v) is 7.81. The lowest BCUT2D eigenvalue weighted by Crippen LogP contribution is -2.42. The Morgan fingerprint density at radius 1 is 1.39 bits per heavy atom. The van der Waals surface area contributed by atoms with Crippen LogP contribution in [-0.2, 0) is 0 Å². The maximum Gasteiger partial charge on any atom is 0.256 e. The number of carbonyl (C=O) groups excluding carboxylic acids is 1. The minimum atomic E-state index is -0.204. The van der Waals surface area contributed by atoms with E-state index in [-0.39, 0.29) is 11.9 Å². The molecule has 1 aliphatic carbocycles. The summed E-state index contributed by atoms with van der Waals surface area (Å²) in [6, 6.07) is 11.7. The number of benzene rings is 1. The van der Waals surface area contributed by atoms with E-state index in [0.717, 1.165) is 18.5 Å². The molecule has 1 aromatic carbocycles. The molecule has 0 bridgehead atoms. The van der Waals surface area contributed by atoms with Crippen molar-refractivity contribution in [3.63, 3.8) is 0 Å². The van der Waals surface area contributed by atoms with E-state index in [0.29, 0.717) is 23.7 Å². The first kappa shape index (κ1) is 15.1. The molecule has 1 atom stereocenters. The van der Waals surface area contributed by atoms with Crippen LogP contribution in [0.5, 0.6) is 0 Å². The number of hydrogen-bond donors (Lipinski definition) is 3. The molecular weight excluding hydrogens is 290 g/mol. The van der Waals surface area contributed by atoms with Gasteiger partial charge in [0.15, 0.2) is 0 Å². The summed E-state index contributed by atoms with van der Waals surface area (Å²) in [7, 11) is 0. The third kappa shape index (κ3) is 3.51. The lowest BCUT2D eigenvalue weighted by atomic mass is 9.78. The molecule has 2 aromatic rings. The fourth-order valence-electron chi connectivity index (χ4n) is 2.74. The molecule has 0 saturated heterocycles. The molecule has 1 aliphatic rings. The predicted molar refractivity (Wildman–Crippen MR) is 87.1 cm³/mol. The van der Waals surface area contributed by atoms with Gasteiger partial charge >= 0.3 is 0 Å². The van der Waals surface area contributed by atoms with Gasteiger partial charge in [0, 0.05) is 11.7 Å². The van der Waals surface area contributed by atoms with E-state index in [1.165, 1.54) is 12.6 Å². The van der Waals surface area contributed by atoms with Crippen LogP contribution >= 0.6 is 0 Å². The van der Waals surface area contributed by atoms with Gasteiger partial charge in [-0.3, -0.25) is 9.89 Å². The first-order valence-electron chi connectivity index (χ1n) is 7.81. The zero-order valence-corrected chi connectivity index (χ0v) is 12.7. The summed E-state index contributed by atoms with van der Waals surface area (Å²) >= 11 is 0. The normalized spacial score (nSPS) is 15.3. The van der Waals surface area contributed by atoms with Crippen LogP contribution in [-0.4, -0.2) is 22.1 Å². The van der Waals surface area contributed by atoms with Gasteiger partial charge in [-0.15, -0.1) is 0 Å². The van der Waals surface area contributed by atoms with Crippen molar-refractivity contribution < 1.29 is 4.79 Å². The van der Waals surface area contributed by atoms with Crippen LogP contribution in [0.2, 0.25) is 0 Å². The Balaban J connectivity index is 1.70. The fourth-order valence-corrected chi connectivity index (χ4v) is 2.74. The Morgan fingerprint density at radius 2 is 2.17 bits per heavy atom. The SMILES string of the molecule is N#CCC(NC(=O)c1cn[nH]c1Nc1ccccc1)C1CCC1. The third-order valence-corrected chi connectivity index (χ3v) is 4.27. The molecule has 3 N–H and O–H groups in total. The molecule has 118 valence electrons. The van der Waals surface area contributed by atoms with E-state index in [4.69, 9.17) is 5.26 Å². The van der Waals surface area contributed by atoms with Crippen LogP contribution in [0.4, 0.5) is 11.5 Å². The number of H-pyrrole nitrogens is 1. The van der Waals surface area contributed by atoms with Crippen LogP contribution in [0.3, 0.4) is 0 Å². The summed E-state index contributed by atoms with van der Waals surface area (Å²) in [6.07, 6.45) is 5.18. The zero-order chi connectivity index (χ0) is 16.1. The monoisotopic (exact) mass is 309 g/mol. The largest absolute Gasteiger partial charge is 0.348 e. The second kappa shape index (κ2) is 6.97. The van der Waals surface area contributed by atoms with Crippen molar-refractivity contribution in [1.29, 1.82) is 5.26 Å². The Kier molecular flexibility index (Phi) is 4.57. The average molecular weight is 309 g/mol. The highest BCUT2D eigenvalue weighted by Crippen LogP contribution is 2.31. The number of carbonyl (C=O) groups is 1. The molecule has 0 spiro atoms. The Bertz CT molecular complexity index is 699. The molecule has 0 aliphatic heterocycles. The summed E-state index contributed by atoms with van der Waals surface area (Å²) in [6.45, 7) is 0. The van der Waals surface area contributed by atoms with Crippen LogP contribution < -0.4 is 10.6 Å². The lowest BCUT2D eigenvalue weighted by Gasteiger charge is -2.32. The molecule has 1 unspecified atom stereocenters. The maximum atomic E-state index is 12.5. The molecule has 0 radical (unpaired) electrons. The van der Waals surface area contributed by atoms with Crippen molar-refractivity contribution >= 4 is 17.4 Å². The summed E-state index contributed by atoms with van der Waals surface area (Å²) in [5, 5.41) is 21.9. The van der Waals surface area contributed by atoms with Gasteiger partial charge in [-0.25, -0.2) is 0 Å². The van der Waals surface area contributed by atoms with Gasteiger partial charge in [0.1, 0.15) is 11.4 Å². The molecule has 6 nitrogen and oxygen atoms in total. The van der Waals surface area contributed by atoms with Gasteiger partial charge in [0.05, 0.1) is 18.7 Å². The number of para-hydroxylation sites is 1. The van der Waals surface area contributed by atoms with Crippen LogP contribution in [0.1, 0.15) is 36.0 Å². The van der Waals surface area contributed by atoms with E-state index >= 15 is 0 Å². The van der Waals surface area contributed by atoms with E-state index < -0.39 is 0 Å². The number of nitrogens with zero attached hydrogens (tertiary/aromatic N) is 2. The van der Waals surface area contributed by atoms with Gasteiger partial charge in [-0.05, 0) is 30.9 Å². The first-order chi connectivity index (χ1) is 11.3. The number of rotatable bonds is 6. The molecule has 23 heavy (non-hydrogen) atoms. The second-order valence-corrected chi connectivity index (χ2v) is 5.78. The molecular formula is C17H19N5O. The number of aromatic amines is 1. The Labute approximate surface area is 134 Å². The second-order valence-electron chi connectivity index (χ2n) is 5.78. The van der Waals surface area contributed by atoms with Gasteiger partial charge in [-0.1, -0.05) is 24.6 Å². The zero-order valence-electron chi connectivity index (χ0n) is 12.7. The Morgan fingerprint density at radius 3 is 2.83 bits per heavy atom. The molecule has 1 fully saturated rings. The van der Waals surface area contributed by atoms with Crippen molar-refractivity contribution in [3.05, 3.63) is 42.1 Å². The number of nitriles is 1. The highest BCUT2D eigenvalue weighted by Gasteiger charge is 2.29. The summed E-state index contributed by atoms with van der Waals surface area (Å²) in [5.41, 5.74) is 1.33. The van der Waals surface area contributed by atoms with Crippen LogP contribution in [0.25, 0.3) is 0 Å². The van der Waals surface area contributed by atoms with E-state index in [1.54, 1.807) is 0 Å². The third-order valence-electron chi connectivity index (χ3n) is 4.27. The van der Waals surface area contributed by atoms with Gasteiger partial charge < -0.3 is 10.6 Å². The fraction of sp³-hybridized carbons (Fsp3) is 0.353. The molecule has 6 heteroatoms. The van der Waals surface area contributed by atoms with Crippen molar-refractivity contribution in [3.8, 4) is 6.07 Å². The summed E-state index contributed by atoms with van der Waals surface area (Å²) < 4.78 is 0. The topological polar surface area (TPSA) is 93.6 Å². The van der Waals surface area contributed by atoms with Gasteiger partial charge in [0.25, 0.3) is 5.91 Å². The minimum Gasteiger partial charge on any atom is -0.348 e. The van der Waals surface area contributed by atoms with Crippen molar-refractivity contribution in [2.24, 2.45) is 5.92 Å². The summed E-state index contributed by atoms with van der Waals surface area (Å²) in [5.74, 6) is 0.762. The van der Waals surface area contributed by atoms with Crippen LogP contribution in [0, 0.1) is 17.2 Å². The highest BCUT2D eigenvalue weighted by atomic mass is 16.1.